The van der Waals surface area contributed by atoms with Crippen LogP contribution >= 0.6 is 0 Å². The number of rotatable bonds is 3. The molecule has 0 amide bonds. The number of carbonyl (C=O) groups is 2. The molecular weight excluding hydrogens is 167 g/mol. The summed E-state index contributed by atoms with van der Waals surface area (Å²) in [7, 11) is 0. The summed E-state index contributed by atoms with van der Waals surface area (Å²) in [4.78, 5) is 21.0. The first-order valence-electron chi connectivity index (χ1n) is 3.61. The molecule has 0 aliphatic heterocycles. The van der Waals surface area contributed by atoms with Crippen LogP contribution in [0, 0.1) is 5.92 Å². The maximum absolute atomic E-state index is 13.1. The Morgan fingerprint density at radius 1 is 1.75 bits per heavy atom. The van der Waals surface area contributed by atoms with Crippen molar-refractivity contribution < 1.29 is 23.8 Å². The zero-order valence-electron chi connectivity index (χ0n) is 6.54. The topological polar surface area (TPSA) is 63.6 Å². The molecule has 1 N–H and O–H groups in total. The van der Waals surface area contributed by atoms with E-state index in [0.29, 0.717) is 0 Å². The summed E-state index contributed by atoms with van der Waals surface area (Å²) in [5.41, 5.74) is -2.26. The molecular formula is C7H9FO4. The highest BCUT2D eigenvalue weighted by atomic mass is 19.1. The van der Waals surface area contributed by atoms with Crippen LogP contribution in [0.1, 0.15) is 13.3 Å². The number of esters is 1. The van der Waals surface area contributed by atoms with E-state index in [2.05, 4.69) is 4.74 Å². The molecule has 4 nitrogen and oxygen atoms in total. The van der Waals surface area contributed by atoms with Gasteiger partial charge in [0.1, 0.15) is 5.92 Å². The van der Waals surface area contributed by atoms with E-state index in [1.54, 1.807) is 6.92 Å². The van der Waals surface area contributed by atoms with E-state index in [9.17, 15) is 14.0 Å². The predicted molar refractivity (Wildman–Crippen MR) is 36.2 cm³/mol. The van der Waals surface area contributed by atoms with Gasteiger partial charge in [-0.15, -0.1) is 0 Å². The molecule has 68 valence electrons. The fourth-order valence-electron chi connectivity index (χ4n) is 0.998. The highest BCUT2D eigenvalue weighted by molar-refractivity contribution is 5.92. The number of carbonyl (C=O) groups excluding carboxylic acids is 1. The van der Waals surface area contributed by atoms with E-state index in [-0.39, 0.29) is 13.0 Å². The van der Waals surface area contributed by atoms with Crippen molar-refractivity contribution in [2.24, 2.45) is 5.92 Å². The normalized spacial score (nSPS) is 32.7. The Morgan fingerprint density at radius 3 is 2.67 bits per heavy atom. The number of carboxylic acid groups (broad SMARTS) is 1. The first-order valence-corrected chi connectivity index (χ1v) is 3.61. The molecule has 1 saturated carbocycles. The minimum atomic E-state index is -2.26. The zero-order chi connectivity index (χ0) is 9.35. The maximum atomic E-state index is 13.1. The number of halogens is 1. The third-order valence-electron chi connectivity index (χ3n) is 1.81. The van der Waals surface area contributed by atoms with Crippen LogP contribution in [0.25, 0.3) is 0 Å². The number of carboxylic acids is 1. The van der Waals surface area contributed by atoms with Crippen LogP contribution in [0.3, 0.4) is 0 Å². The van der Waals surface area contributed by atoms with Crippen molar-refractivity contribution in [3.05, 3.63) is 0 Å². The summed E-state index contributed by atoms with van der Waals surface area (Å²) in [5.74, 6) is -3.56. The minimum absolute atomic E-state index is 0.0663. The number of hydrogen-bond donors (Lipinski definition) is 1. The molecule has 2 unspecified atom stereocenters. The molecule has 1 aliphatic rings. The minimum Gasteiger partial charge on any atom is -0.481 e. The number of ether oxygens (including phenoxy) is 1. The van der Waals surface area contributed by atoms with Crippen molar-refractivity contribution in [2.45, 2.75) is 19.0 Å². The van der Waals surface area contributed by atoms with Gasteiger partial charge in [-0.25, -0.2) is 9.18 Å². The summed E-state index contributed by atoms with van der Waals surface area (Å²) >= 11 is 0. The lowest BCUT2D eigenvalue weighted by Gasteiger charge is -2.04. The van der Waals surface area contributed by atoms with Crippen LogP contribution < -0.4 is 0 Å². The smallest absolute Gasteiger partial charge is 0.344 e. The Morgan fingerprint density at radius 2 is 2.33 bits per heavy atom. The Kier molecular flexibility index (Phi) is 2.04. The highest BCUT2D eigenvalue weighted by Gasteiger charge is 2.67. The SMILES string of the molecule is CCOC(=O)C1(F)CC1C(=O)O. The monoisotopic (exact) mass is 176 g/mol. The average molecular weight is 176 g/mol. The molecule has 0 saturated heterocycles. The quantitative estimate of drug-likeness (QED) is 0.630. The molecule has 12 heavy (non-hydrogen) atoms. The van der Waals surface area contributed by atoms with Crippen molar-refractivity contribution in [1.82, 2.24) is 0 Å². The van der Waals surface area contributed by atoms with E-state index in [1.165, 1.54) is 0 Å². The van der Waals surface area contributed by atoms with Crippen LogP contribution in [-0.4, -0.2) is 29.3 Å². The molecule has 0 bridgehead atoms. The number of aliphatic carboxylic acids is 1. The van der Waals surface area contributed by atoms with E-state index in [1.807, 2.05) is 0 Å². The Labute approximate surface area is 68.3 Å². The fraction of sp³-hybridized carbons (Fsp3) is 0.714. The second-order valence-electron chi connectivity index (χ2n) is 2.68. The van der Waals surface area contributed by atoms with Crippen molar-refractivity contribution in [1.29, 1.82) is 0 Å². The van der Waals surface area contributed by atoms with Crippen molar-refractivity contribution in [3.8, 4) is 0 Å². The summed E-state index contributed by atoms with van der Waals surface area (Å²) in [6.07, 6.45) is -0.263. The summed E-state index contributed by atoms with van der Waals surface area (Å²) in [6.45, 7) is 1.61. The van der Waals surface area contributed by atoms with Crippen LogP contribution in [0.2, 0.25) is 0 Å². The van der Waals surface area contributed by atoms with Gasteiger partial charge >= 0.3 is 11.9 Å². The van der Waals surface area contributed by atoms with Crippen LogP contribution in [0.5, 0.6) is 0 Å². The van der Waals surface area contributed by atoms with Crippen molar-refractivity contribution in [3.63, 3.8) is 0 Å². The lowest BCUT2D eigenvalue weighted by Crippen LogP contribution is -2.25. The molecule has 5 heteroatoms. The van der Waals surface area contributed by atoms with Crippen molar-refractivity contribution >= 4 is 11.9 Å². The Balaban J connectivity index is 2.54. The van der Waals surface area contributed by atoms with Gasteiger partial charge in [0.15, 0.2) is 0 Å². The molecule has 2 atom stereocenters. The van der Waals surface area contributed by atoms with Gasteiger partial charge in [-0.05, 0) is 6.92 Å². The lowest BCUT2D eigenvalue weighted by atomic mass is 10.3. The van der Waals surface area contributed by atoms with Crippen LogP contribution in [0.4, 0.5) is 4.39 Å². The first kappa shape index (κ1) is 8.96. The third kappa shape index (κ3) is 1.26. The molecule has 0 aromatic rings. The number of alkyl halides is 1. The van der Waals surface area contributed by atoms with Gasteiger partial charge in [-0.1, -0.05) is 0 Å². The second-order valence-corrected chi connectivity index (χ2v) is 2.68. The second kappa shape index (κ2) is 2.73. The van der Waals surface area contributed by atoms with Crippen LogP contribution in [-0.2, 0) is 14.3 Å². The zero-order valence-corrected chi connectivity index (χ0v) is 6.54. The van der Waals surface area contributed by atoms with Gasteiger partial charge in [0.2, 0.25) is 5.67 Å². The lowest BCUT2D eigenvalue weighted by molar-refractivity contribution is -0.154. The standard InChI is InChI=1S/C7H9FO4/c1-2-12-6(11)7(8)3-4(7)5(9)10/h4H,2-3H2,1H3,(H,9,10). The molecule has 0 aromatic carbocycles. The van der Waals surface area contributed by atoms with Crippen molar-refractivity contribution in [2.75, 3.05) is 6.61 Å². The third-order valence-corrected chi connectivity index (χ3v) is 1.81. The summed E-state index contributed by atoms with van der Waals surface area (Å²) in [6, 6.07) is 0. The average Bonchev–Trinajstić information content (AvgIpc) is 2.65. The molecule has 1 rings (SSSR count). The predicted octanol–water partition coefficient (Wildman–Crippen LogP) is 0.362. The molecule has 1 fully saturated rings. The van der Waals surface area contributed by atoms with Gasteiger partial charge in [-0.2, -0.15) is 0 Å². The largest absolute Gasteiger partial charge is 0.481 e. The molecule has 0 spiro atoms. The summed E-state index contributed by atoms with van der Waals surface area (Å²) in [5, 5.41) is 8.36. The van der Waals surface area contributed by atoms with Gasteiger partial charge < -0.3 is 9.84 Å². The first-order chi connectivity index (χ1) is 5.52. The van der Waals surface area contributed by atoms with E-state index in [0.717, 1.165) is 0 Å². The molecule has 0 radical (unpaired) electrons. The van der Waals surface area contributed by atoms with Gasteiger partial charge in [-0.3, -0.25) is 4.79 Å². The maximum Gasteiger partial charge on any atom is 0.344 e. The Hall–Kier alpha value is -1.13. The number of hydrogen-bond acceptors (Lipinski definition) is 3. The van der Waals surface area contributed by atoms with Gasteiger partial charge in [0.05, 0.1) is 6.61 Å². The van der Waals surface area contributed by atoms with E-state index in [4.69, 9.17) is 5.11 Å². The highest BCUT2D eigenvalue weighted by Crippen LogP contribution is 2.48. The van der Waals surface area contributed by atoms with E-state index < -0.39 is 23.5 Å². The van der Waals surface area contributed by atoms with Gasteiger partial charge in [0, 0.05) is 6.42 Å². The van der Waals surface area contributed by atoms with E-state index >= 15 is 0 Å². The Bertz CT molecular complexity index is 227. The van der Waals surface area contributed by atoms with Gasteiger partial charge in [0.25, 0.3) is 0 Å². The molecule has 0 aromatic heterocycles. The summed E-state index contributed by atoms with van der Waals surface area (Å²) < 4.78 is 17.5. The fourth-order valence-corrected chi connectivity index (χ4v) is 0.998. The molecule has 0 heterocycles. The van der Waals surface area contributed by atoms with Crippen LogP contribution in [0.15, 0.2) is 0 Å². The molecule has 1 aliphatic carbocycles.